The van der Waals surface area contributed by atoms with Crippen molar-refractivity contribution in [3.63, 3.8) is 0 Å². The van der Waals surface area contributed by atoms with E-state index >= 15 is 0 Å². The van der Waals surface area contributed by atoms with Gasteiger partial charge < -0.3 is 15.4 Å². The van der Waals surface area contributed by atoms with Crippen LogP contribution in [-0.4, -0.2) is 71.0 Å². The van der Waals surface area contributed by atoms with E-state index in [0.717, 1.165) is 43.5 Å². The lowest BCUT2D eigenvalue weighted by Gasteiger charge is -2.38. The SMILES string of the molecule is CN=C(NCC(C)N1CCCCC1C)NC1CCc2nc(COC)nn2C1.I. The highest BCUT2D eigenvalue weighted by Gasteiger charge is 2.24. The predicted molar refractivity (Wildman–Crippen MR) is 122 cm³/mol. The summed E-state index contributed by atoms with van der Waals surface area (Å²) in [5.74, 6) is 2.69. The molecular weight excluding hydrogens is 469 g/mol. The molecule has 0 spiro atoms. The third-order valence-electron chi connectivity index (χ3n) is 5.73. The normalized spacial score (nSPS) is 24.2. The molecule has 9 heteroatoms. The van der Waals surface area contributed by atoms with Crippen LogP contribution in [0.15, 0.2) is 4.99 Å². The Kier molecular flexibility index (Phi) is 9.42. The molecule has 1 fully saturated rings. The van der Waals surface area contributed by atoms with Crippen molar-refractivity contribution in [2.75, 3.05) is 27.2 Å². The number of nitrogens with zero attached hydrogens (tertiary/aromatic N) is 5. The zero-order valence-electron chi connectivity index (χ0n) is 17.6. The van der Waals surface area contributed by atoms with Gasteiger partial charge >= 0.3 is 0 Å². The number of halogens is 1. The Morgan fingerprint density at radius 1 is 1.36 bits per heavy atom. The summed E-state index contributed by atoms with van der Waals surface area (Å²) in [6.07, 6.45) is 5.94. The number of aliphatic imine (C=N–C) groups is 1. The number of nitrogens with one attached hydrogen (secondary N) is 2. The summed E-state index contributed by atoms with van der Waals surface area (Å²) < 4.78 is 7.14. The number of likely N-dealkylation sites (tertiary alicyclic amines) is 1. The van der Waals surface area contributed by atoms with Crippen molar-refractivity contribution in [1.82, 2.24) is 30.3 Å². The molecule has 2 aliphatic heterocycles. The molecule has 0 aliphatic carbocycles. The molecule has 3 heterocycles. The second-order valence-corrected chi connectivity index (χ2v) is 7.82. The summed E-state index contributed by atoms with van der Waals surface area (Å²) in [6.45, 7) is 8.04. The zero-order chi connectivity index (χ0) is 19.2. The molecule has 1 saturated heterocycles. The van der Waals surface area contributed by atoms with Gasteiger partial charge in [0.2, 0.25) is 0 Å². The third kappa shape index (κ3) is 6.03. The van der Waals surface area contributed by atoms with E-state index in [4.69, 9.17) is 4.74 Å². The molecule has 3 unspecified atom stereocenters. The van der Waals surface area contributed by atoms with Crippen LogP contribution in [0, 0.1) is 0 Å². The first kappa shape index (κ1) is 23.3. The molecule has 3 rings (SSSR count). The first-order valence-corrected chi connectivity index (χ1v) is 10.2. The molecule has 0 saturated carbocycles. The number of rotatable bonds is 6. The summed E-state index contributed by atoms with van der Waals surface area (Å²) in [4.78, 5) is 11.6. The van der Waals surface area contributed by atoms with Crippen LogP contribution in [0.3, 0.4) is 0 Å². The molecule has 1 aromatic rings. The van der Waals surface area contributed by atoms with Gasteiger partial charge in [-0.05, 0) is 39.7 Å². The van der Waals surface area contributed by atoms with Gasteiger partial charge in [0, 0.05) is 45.2 Å². The molecular formula is C19H36IN7O. The van der Waals surface area contributed by atoms with Crippen LogP contribution in [0.4, 0.5) is 0 Å². The number of guanidine groups is 1. The molecule has 8 nitrogen and oxygen atoms in total. The fourth-order valence-corrected chi connectivity index (χ4v) is 4.19. The number of hydrogen-bond donors (Lipinski definition) is 2. The van der Waals surface area contributed by atoms with Gasteiger partial charge in [-0.15, -0.1) is 24.0 Å². The maximum Gasteiger partial charge on any atom is 0.191 e. The lowest BCUT2D eigenvalue weighted by molar-refractivity contribution is 0.115. The smallest absolute Gasteiger partial charge is 0.191 e. The Morgan fingerprint density at radius 3 is 2.89 bits per heavy atom. The molecule has 0 bridgehead atoms. The van der Waals surface area contributed by atoms with E-state index in [1.165, 1.54) is 25.8 Å². The number of ether oxygens (including phenoxy) is 1. The summed E-state index contributed by atoms with van der Waals surface area (Å²) in [7, 11) is 3.51. The minimum absolute atomic E-state index is 0. The first-order chi connectivity index (χ1) is 13.1. The van der Waals surface area contributed by atoms with Crippen molar-refractivity contribution in [1.29, 1.82) is 0 Å². The number of piperidine rings is 1. The van der Waals surface area contributed by atoms with Crippen LogP contribution >= 0.6 is 24.0 Å². The first-order valence-electron chi connectivity index (χ1n) is 10.2. The van der Waals surface area contributed by atoms with Crippen molar-refractivity contribution in [2.45, 2.75) is 77.2 Å². The third-order valence-corrected chi connectivity index (χ3v) is 5.73. The summed E-state index contributed by atoms with van der Waals surface area (Å²) in [5.41, 5.74) is 0. The average molecular weight is 505 g/mol. The fourth-order valence-electron chi connectivity index (χ4n) is 4.19. The second-order valence-electron chi connectivity index (χ2n) is 7.82. The van der Waals surface area contributed by atoms with Crippen molar-refractivity contribution < 1.29 is 4.74 Å². The maximum atomic E-state index is 5.14. The Bertz CT molecular complexity index is 636. The highest BCUT2D eigenvalue weighted by atomic mass is 127. The second kappa shape index (κ2) is 11.3. The predicted octanol–water partition coefficient (Wildman–Crippen LogP) is 1.79. The molecule has 0 aromatic carbocycles. The molecule has 3 atom stereocenters. The molecule has 2 N–H and O–H groups in total. The van der Waals surface area contributed by atoms with Crippen LogP contribution < -0.4 is 10.6 Å². The molecule has 0 radical (unpaired) electrons. The van der Waals surface area contributed by atoms with Gasteiger partial charge in [-0.2, -0.15) is 5.10 Å². The Morgan fingerprint density at radius 2 is 2.18 bits per heavy atom. The van der Waals surface area contributed by atoms with Crippen molar-refractivity contribution in [3.8, 4) is 0 Å². The van der Waals surface area contributed by atoms with Crippen molar-refractivity contribution in [3.05, 3.63) is 11.6 Å². The lowest BCUT2D eigenvalue weighted by Crippen LogP contribution is -2.52. The highest BCUT2D eigenvalue weighted by Crippen LogP contribution is 2.18. The summed E-state index contributed by atoms with van der Waals surface area (Å²) >= 11 is 0. The average Bonchev–Trinajstić information content (AvgIpc) is 3.07. The van der Waals surface area contributed by atoms with E-state index in [-0.39, 0.29) is 24.0 Å². The van der Waals surface area contributed by atoms with Crippen molar-refractivity contribution >= 4 is 29.9 Å². The van der Waals surface area contributed by atoms with Gasteiger partial charge in [0.25, 0.3) is 0 Å². The topological polar surface area (TPSA) is 79.6 Å². The minimum Gasteiger partial charge on any atom is -0.377 e. The Labute approximate surface area is 185 Å². The van der Waals surface area contributed by atoms with E-state index < -0.39 is 0 Å². The van der Waals surface area contributed by atoms with Crippen LogP contribution in [0.5, 0.6) is 0 Å². The Balaban J connectivity index is 0.00000280. The summed E-state index contributed by atoms with van der Waals surface area (Å²) in [6, 6.07) is 1.49. The van der Waals surface area contributed by atoms with Crippen LogP contribution in [0.2, 0.25) is 0 Å². The molecule has 2 aliphatic rings. The molecule has 28 heavy (non-hydrogen) atoms. The van der Waals surface area contributed by atoms with E-state index in [0.29, 0.717) is 24.7 Å². The maximum absolute atomic E-state index is 5.14. The van der Waals surface area contributed by atoms with E-state index in [9.17, 15) is 0 Å². The number of methoxy groups -OCH3 is 1. The fraction of sp³-hybridized carbons (Fsp3) is 0.842. The number of aromatic nitrogens is 3. The van der Waals surface area contributed by atoms with Crippen LogP contribution in [-0.2, 0) is 24.3 Å². The van der Waals surface area contributed by atoms with E-state index in [2.05, 4.69) is 44.5 Å². The largest absolute Gasteiger partial charge is 0.377 e. The summed E-state index contributed by atoms with van der Waals surface area (Å²) in [5, 5.41) is 11.6. The van der Waals surface area contributed by atoms with Crippen molar-refractivity contribution in [2.24, 2.45) is 4.99 Å². The van der Waals surface area contributed by atoms with Gasteiger partial charge in [0.1, 0.15) is 12.4 Å². The molecule has 160 valence electrons. The monoisotopic (exact) mass is 505 g/mol. The Hall–Kier alpha value is -0.940. The zero-order valence-corrected chi connectivity index (χ0v) is 20.0. The van der Waals surface area contributed by atoms with Gasteiger partial charge in [-0.25, -0.2) is 9.67 Å². The van der Waals surface area contributed by atoms with Gasteiger partial charge in [0.05, 0.1) is 6.54 Å². The molecule has 1 aromatic heterocycles. The van der Waals surface area contributed by atoms with Gasteiger partial charge in [-0.3, -0.25) is 9.89 Å². The van der Waals surface area contributed by atoms with E-state index in [1.54, 1.807) is 7.11 Å². The van der Waals surface area contributed by atoms with Crippen LogP contribution in [0.1, 0.15) is 51.2 Å². The number of fused-ring (bicyclic) bond motifs is 1. The number of aryl methyl sites for hydroxylation is 1. The van der Waals surface area contributed by atoms with Gasteiger partial charge in [0.15, 0.2) is 11.8 Å². The highest BCUT2D eigenvalue weighted by molar-refractivity contribution is 14.0. The lowest BCUT2D eigenvalue weighted by atomic mass is 10.0. The van der Waals surface area contributed by atoms with E-state index in [1.807, 2.05) is 11.7 Å². The number of hydrogen-bond acceptors (Lipinski definition) is 5. The van der Waals surface area contributed by atoms with Crippen LogP contribution in [0.25, 0.3) is 0 Å². The standard InChI is InChI=1S/C19H35N7O.HI/c1-14-7-5-6-10-25(14)15(2)11-21-19(20-3)22-16-8-9-18-23-17(13-27-4)24-26(18)12-16;/h14-16H,5-13H2,1-4H3,(H2,20,21,22);1H. The quantitative estimate of drug-likeness (QED) is 0.349. The molecule has 0 amide bonds. The minimum atomic E-state index is 0. The van der Waals surface area contributed by atoms with Gasteiger partial charge in [-0.1, -0.05) is 6.42 Å².